The molecule has 0 aliphatic carbocycles. The number of carbonyl (C=O) groups is 1. The Morgan fingerprint density at radius 2 is 1.95 bits per heavy atom. The van der Waals surface area contributed by atoms with Crippen LogP contribution >= 0.6 is 11.8 Å². The Labute approximate surface area is 135 Å². The Kier molecular flexibility index (Phi) is 5.86. The van der Waals surface area contributed by atoms with Crippen molar-refractivity contribution >= 4 is 23.4 Å². The van der Waals surface area contributed by atoms with E-state index in [2.05, 4.69) is 36.5 Å². The maximum atomic E-state index is 11.9. The average Bonchev–Trinajstić information content (AvgIpc) is 2.51. The zero-order valence-electron chi connectivity index (χ0n) is 12.8. The van der Waals surface area contributed by atoms with Gasteiger partial charge in [-0.25, -0.2) is 0 Å². The standard InChI is InChI=1S/C17H20N2O2S/c1-12-3-6-14(7-4-12)22-16-8-5-13(11-15(16)18)17(20)19-9-10-21-2/h3-8,11H,9-10,18H2,1-2H3,(H,19,20). The number of rotatable bonds is 6. The number of benzene rings is 2. The van der Waals surface area contributed by atoms with Crippen LogP contribution in [0.25, 0.3) is 0 Å². The first kappa shape index (κ1) is 16.4. The summed E-state index contributed by atoms with van der Waals surface area (Å²) in [5.74, 6) is -0.143. The third-order valence-electron chi connectivity index (χ3n) is 3.11. The molecule has 2 aromatic carbocycles. The Morgan fingerprint density at radius 3 is 2.59 bits per heavy atom. The van der Waals surface area contributed by atoms with E-state index in [9.17, 15) is 4.79 Å². The van der Waals surface area contributed by atoms with Crippen molar-refractivity contribution in [3.05, 3.63) is 53.6 Å². The zero-order chi connectivity index (χ0) is 15.9. The summed E-state index contributed by atoms with van der Waals surface area (Å²) in [5, 5.41) is 2.78. The van der Waals surface area contributed by atoms with Gasteiger partial charge in [0.2, 0.25) is 0 Å². The number of aryl methyl sites for hydroxylation is 1. The van der Waals surface area contributed by atoms with Crippen LogP contribution in [-0.2, 0) is 4.74 Å². The van der Waals surface area contributed by atoms with Gasteiger partial charge in [0, 0.05) is 34.7 Å². The number of amides is 1. The molecule has 0 aromatic heterocycles. The van der Waals surface area contributed by atoms with E-state index >= 15 is 0 Å². The van der Waals surface area contributed by atoms with Gasteiger partial charge in [0.15, 0.2) is 0 Å². The molecule has 0 fully saturated rings. The van der Waals surface area contributed by atoms with Crippen molar-refractivity contribution in [1.82, 2.24) is 5.32 Å². The van der Waals surface area contributed by atoms with Crippen molar-refractivity contribution in [1.29, 1.82) is 0 Å². The van der Waals surface area contributed by atoms with E-state index in [4.69, 9.17) is 10.5 Å². The lowest BCUT2D eigenvalue weighted by atomic mass is 10.2. The molecule has 3 N–H and O–H groups in total. The number of hydrogen-bond donors (Lipinski definition) is 2. The first-order valence-electron chi connectivity index (χ1n) is 7.01. The molecule has 22 heavy (non-hydrogen) atoms. The summed E-state index contributed by atoms with van der Waals surface area (Å²) in [6.07, 6.45) is 0. The third kappa shape index (κ3) is 4.51. The van der Waals surface area contributed by atoms with E-state index in [-0.39, 0.29) is 5.91 Å². The number of anilines is 1. The number of carbonyl (C=O) groups excluding carboxylic acids is 1. The molecule has 0 saturated carbocycles. The second kappa shape index (κ2) is 7.87. The van der Waals surface area contributed by atoms with Crippen LogP contribution in [0, 0.1) is 6.92 Å². The van der Waals surface area contributed by atoms with Gasteiger partial charge in [0.1, 0.15) is 0 Å². The Balaban J connectivity index is 2.06. The molecule has 5 heteroatoms. The summed E-state index contributed by atoms with van der Waals surface area (Å²) < 4.78 is 4.90. The second-order valence-corrected chi connectivity index (χ2v) is 6.03. The van der Waals surface area contributed by atoms with E-state index in [1.54, 1.807) is 31.0 Å². The van der Waals surface area contributed by atoms with Crippen LogP contribution in [0.5, 0.6) is 0 Å². The Morgan fingerprint density at radius 1 is 1.23 bits per heavy atom. The molecule has 1 amide bonds. The highest BCUT2D eigenvalue weighted by Crippen LogP contribution is 2.32. The number of hydrogen-bond acceptors (Lipinski definition) is 4. The summed E-state index contributed by atoms with van der Waals surface area (Å²) in [4.78, 5) is 14.0. The van der Waals surface area contributed by atoms with Gasteiger partial charge in [-0.2, -0.15) is 0 Å². The van der Waals surface area contributed by atoms with Crippen molar-refractivity contribution in [3.8, 4) is 0 Å². The SMILES string of the molecule is COCCNC(=O)c1ccc(Sc2ccc(C)cc2)c(N)c1. The van der Waals surface area contributed by atoms with E-state index in [0.717, 1.165) is 9.79 Å². The van der Waals surface area contributed by atoms with Crippen LogP contribution in [0.2, 0.25) is 0 Å². The van der Waals surface area contributed by atoms with Crippen LogP contribution in [0.1, 0.15) is 15.9 Å². The van der Waals surface area contributed by atoms with E-state index < -0.39 is 0 Å². The first-order chi connectivity index (χ1) is 10.6. The lowest BCUT2D eigenvalue weighted by Gasteiger charge is -2.09. The van der Waals surface area contributed by atoms with E-state index in [1.807, 2.05) is 6.07 Å². The molecule has 4 nitrogen and oxygen atoms in total. The second-order valence-electron chi connectivity index (χ2n) is 4.92. The third-order valence-corrected chi connectivity index (χ3v) is 4.21. The number of ether oxygens (including phenoxy) is 1. The number of nitrogen functional groups attached to an aromatic ring is 1. The normalized spacial score (nSPS) is 10.5. The molecule has 0 atom stereocenters. The highest BCUT2D eigenvalue weighted by atomic mass is 32.2. The van der Waals surface area contributed by atoms with Gasteiger partial charge in [-0.3, -0.25) is 4.79 Å². The molecular weight excluding hydrogens is 296 g/mol. The highest BCUT2D eigenvalue weighted by molar-refractivity contribution is 7.99. The molecule has 2 rings (SSSR count). The number of nitrogens with two attached hydrogens (primary N) is 1. The van der Waals surface area contributed by atoms with Crippen molar-refractivity contribution in [2.24, 2.45) is 0 Å². The van der Waals surface area contributed by atoms with Crippen molar-refractivity contribution in [2.75, 3.05) is 26.0 Å². The van der Waals surface area contributed by atoms with Gasteiger partial charge in [0.25, 0.3) is 5.91 Å². The maximum absolute atomic E-state index is 11.9. The molecule has 0 aliphatic heterocycles. The van der Waals surface area contributed by atoms with Crippen molar-refractivity contribution in [2.45, 2.75) is 16.7 Å². The fourth-order valence-corrected chi connectivity index (χ4v) is 2.72. The van der Waals surface area contributed by atoms with Crippen LogP contribution in [0.15, 0.2) is 52.3 Å². The molecule has 0 spiro atoms. The van der Waals surface area contributed by atoms with Gasteiger partial charge in [0.05, 0.1) is 6.61 Å². The molecule has 0 bridgehead atoms. The predicted octanol–water partition coefficient (Wildman–Crippen LogP) is 3.10. The first-order valence-corrected chi connectivity index (χ1v) is 7.83. The quantitative estimate of drug-likeness (QED) is 0.635. The fraction of sp³-hybridized carbons (Fsp3) is 0.235. The molecule has 0 unspecified atom stereocenters. The largest absolute Gasteiger partial charge is 0.398 e. The van der Waals surface area contributed by atoms with E-state index in [1.165, 1.54) is 5.56 Å². The lowest BCUT2D eigenvalue weighted by molar-refractivity contribution is 0.0937. The van der Waals surface area contributed by atoms with Gasteiger partial charge in [-0.05, 0) is 37.3 Å². The molecule has 0 radical (unpaired) electrons. The molecule has 116 valence electrons. The van der Waals surface area contributed by atoms with Crippen LogP contribution in [-0.4, -0.2) is 26.2 Å². The molecule has 0 heterocycles. The monoisotopic (exact) mass is 316 g/mol. The number of methoxy groups -OCH3 is 1. The summed E-state index contributed by atoms with van der Waals surface area (Å²) in [6, 6.07) is 13.6. The smallest absolute Gasteiger partial charge is 0.251 e. The van der Waals surface area contributed by atoms with Crippen molar-refractivity contribution < 1.29 is 9.53 Å². The van der Waals surface area contributed by atoms with Crippen molar-refractivity contribution in [3.63, 3.8) is 0 Å². The van der Waals surface area contributed by atoms with Gasteiger partial charge >= 0.3 is 0 Å². The van der Waals surface area contributed by atoms with Gasteiger partial charge in [-0.15, -0.1) is 0 Å². The Bertz CT molecular complexity index is 642. The Hall–Kier alpha value is -1.98. The average molecular weight is 316 g/mol. The molecule has 2 aromatic rings. The zero-order valence-corrected chi connectivity index (χ0v) is 13.6. The lowest BCUT2D eigenvalue weighted by Crippen LogP contribution is -2.26. The van der Waals surface area contributed by atoms with Crippen LogP contribution in [0.3, 0.4) is 0 Å². The van der Waals surface area contributed by atoms with Crippen LogP contribution < -0.4 is 11.1 Å². The predicted molar refractivity (Wildman–Crippen MR) is 90.4 cm³/mol. The fourth-order valence-electron chi connectivity index (χ4n) is 1.88. The molecule has 0 aliphatic rings. The minimum absolute atomic E-state index is 0.143. The van der Waals surface area contributed by atoms with Gasteiger partial charge in [-0.1, -0.05) is 29.5 Å². The number of nitrogens with one attached hydrogen (secondary N) is 1. The minimum Gasteiger partial charge on any atom is -0.398 e. The van der Waals surface area contributed by atoms with E-state index in [0.29, 0.717) is 24.4 Å². The molecular formula is C17H20N2O2S. The summed E-state index contributed by atoms with van der Waals surface area (Å²) in [6.45, 7) is 3.03. The summed E-state index contributed by atoms with van der Waals surface area (Å²) in [7, 11) is 1.60. The summed E-state index contributed by atoms with van der Waals surface area (Å²) in [5.41, 5.74) is 8.45. The minimum atomic E-state index is -0.143. The topological polar surface area (TPSA) is 64.3 Å². The molecule has 0 saturated heterocycles. The van der Waals surface area contributed by atoms with Crippen LogP contribution in [0.4, 0.5) is 5.69 Å². The maximum Gasteiger partial charge on any atom is 0.251 e. The summed E-state index contributed by atoms with van der Waals surface area (Å²) >= 11 is 1.59. The highest BCUT2D eigenvalue weighted by Gasteiger charge is 2.08. The van der Waals surface area contributed by atoms with Gasteiger partial charge < -0.3 is 15.8 Å².